The Morgan fingerprint density at radius 3 is 2.66 bits per heavy atom. The molecule has 0 saturated carbocycles. The molecule has 2 heterocycles. The molecule has 0 radical (unpaired) electrons. The number of anilines is 1. The maximum atomic E-state index is 14.4. The van der Waals surface area contributed by atoms with Crippen molar-refractivity contribution in [2.45, 2.75) is 19.4 Å². The molecule has 1 atom stereocenters. The first-order chi connectivity index (χ1) is 18.2. The van der Waals surface area contributed by atoms with E-state index in [0.717, 1.165) is 12.1 Å². The van der Waals surface area contributed by atoms with Gasteiger partial charge < -0.3 is 20.5 Å². The summed E-state index contributed by atoms with van der Waals surface area (Å²) in [7, 11) is 1.45. The minimum Gasteiger partial charge on any atom is -0.505 e. The number of benzene rings is 2. The van der Waals surface area contributed by atoms with Crippen LogP contribution in [0.1, 0.15) is 24.9 Å². The van der Waals surface area contributed by atoms with E-state index in [1.54, 1.807) is 43.3 Å². The third kappa shape index (κ3) is 5.46. The van der Waals surface area contributed by atoms with Crippen LogP contribution in [0.4, 0.5) is 19.3 Å². The SMILES string of the molecule is CCOC(=O)C[C@H](NC(=O)Nc1c(O)c2cccnc2n(C)c1=O)c1cccc(-c2ccc(F)cc2F)c1. The van der Waals surface area contributed by atoms with Crippen LogP contribution in [0.25, 0.3) is 22.2 Å². The van der Waals surface area contributed by atoms with Gasteiger partial charge in [-0.2, -0.15) is 0 Å². The largest absolute Gasteiger partial charge is 0.505 e. The zero-order valence-corrected chi connectivity index (χ0v) is 20.5. The third-order valence-corrected chi connectivity index (χ3v) is 5.87. The van der Waals surface area contributed by atoms with Crippen LogP contribution >= 0.6 is 0 Å². The van der Waals surface area contributed by atoms with Gasteiger partial charge in [-0.25, -0.2) is 18.6 Å². The lowest BCUT2D eigenvalue weighted by Crippen LogP contribution is -2.36. The molecule has 0 fully saturated rings. The van der Waals surface area contributed by atoms with Crippen LogP contribution in [0, 0.1) is 11.6 Å². The Kier molecular flexibility index (Phi) is 7.66. The second-order valence-corrected chi connectivity index (χ2v) is 8.37. The van der Waals surface area contributed by atoms with Crippen LogP contribution in [0.3, 0.4) is 0 Å². The first-order valence-electron chi connectivity index (χ1n) is 11.6. The molecule has 0 bridgehead atoms. The van der Waals surface area contributed by atoms with Crippen molar-refractivity contribution in [2.24, 2.45) is 7.05 Å². The number of nitrogens with zero attached hydrogens (tertiary/aromatic N) is 2. The summed E-state index contributed by atoms with van der Waals surface area (Å²) >= 11 is 0. The van der Waals surface area contributed by atoms with Crippen LogP contribution in [0.15, 0.2) is 65.6 Å². The van der Waals surface area contributed by atoms with Gasteiger partial charge in [-0.05, 0) is 48.4 Å². The topological polar surface area (TPSA) is 123 Å². The second-order valence-electron chi connectivity index (χ2n) is 8.37. The van der Waals surface area contributed by atoms with E-state index >= 15 is 0 Å². The number of fused-ring (bicyclic) bond motifs is 1. The number of pyridine rings is 2. The van der Waals surface area contributed by atoms with Crippen molar-refractivity contribution in [3.63, 3.8) is 0 Å². The molecule has 11 heteroatoms. The highest BCUT2D eigenvalue weighted by atomic mass is 19.1. The van der Waals surface area contributed by atoms with Gasteiger partial charge in [0.1, 0.15) is 17.3 Å². The van der Waals surface area contributed by atoms with E-state index < -0.39 is 41.0 Å². The minimum atomic E-state index is -0.953. The smallest absolute Gasteiger partial charge is 0.319 e. The van der Waals surface area contributed by atoms with E-state index in [2.05, 4.69) is 15.6 Å². The Labute approximate surface area is 215 Å². The number of aryl methyl sites for hydroxylation is 1. The Morgan fingerprint density at radius 1 is 1.13 bits per heavy atom. The number of rotatable bonds is 7. The van der Waals surface area contributed by atoms with Crippen molar-refractivity contribution < 1.29 is 28.2 Å². The summed E-state index contributed by atoms with van der Waals surface area (Å²) in [5, 5.41) is 15.9. The quantitative estimate of drug-likeness (QED) is 0.309. The predicted molar refractivity (Wildman–Crippen MR) is 137 cm³/mol. The Balaban J connectivity index is 1.66. The molecule has 0 unspecified atom stereocenters. The summed E-state index contributed by atoms with van der Waals surface area (Å²) in [5.41, 5.74) is 0.109. The molecule has 0 aliphatic rings. The van der Waals surface area contributed by atoms with E-state index in [4.69, 9.17) is 4.74 Å². The number of hydrogen-bond acceptors (Lipinski definition) is 6. The van der Waals surface area contributed by atoms with E-state index in [9.17, 15) is 28.3 Å². The van der Waals surface area contributed by atoms with E-state index in [-0.39, 0.29) is 35.3 Å². The lowest BCUT2D eigenvalue weighted by atomic mass is 9.97. The molecule has 196 valence electrons. The number of esters is 1. The molecule has 0 aliphatic heterocycles. The van der Waals surface area contributed by atoms with Crippen molar-refractivity contribution in [1.82, 2.24) is 14.9 Å². The van der Waals surface area contributed by atoms with Gasteiger partial charge in [0.15, 0.2) is 11.4 Å². The fourth-order valence-electron chi connectivity index (χ4n) is 4.05. The van der Waals surface area contributed by atoms with Gasteiger partial charge in [0, 0.05) is 24.9 Å². The van der Waals surface area contributed by atoms with E-state index in [0.29, 0.717) is 11.1 Å². The number of aromatic hydroxyl groups is 1. The summed E-state index contributed by atoms with van der Waals surface area (Å²) in [6, 6.07) is 10.8. The number of urea groups is 1. The Hall–Kier alpha value is -4.80. The molecule has 38 heavy (non-hydrogen) atoms. The Bertz CT molecular complexity index is 1590. The maximum absolute atomic E-state index is 14.4. The van der Waals surface area contributed by atoms with Gasteiger partial charge >= 0.3 is 12.0 Å². The molecule has 2 aromatic carbocycles. The number of aromatic nitrogens is 2. The molecule has 0 saturated heterocycles. The van der Waals surface area contributed by atoms with Gasteiger partial charge in [0.2, 0.25) is 0 Å². The van der Waals surface area contributed by atoms with Gasteiger partial charge in [0.05, 0.1) is 24.5 Å². The summed E-state index contributed by atoms with van der Waals surface area (Å²) in [6.45, 7) is 1.76. The standard InChI is InChI=1S/C27H24F2N4O5/c1-3-38-22(34)14-21(16-7-4-6-15(12-16)18-10-9-17(28)13-20(18)29)31-27(37)32-23-24(35)19-8-5-11-30-25(19)33(2)26(23)36/h4-13,21,35H,3,14H2,1-2H3,(H2,31,32,37)/t21-/m0/s1. The van der Waals surface area contributed by atoms with Crippen LogP contribution in [0.2, 0.25) is 0 Å². The van der Waals surface area contributed by atoms with Crippen LogP contribution in [-0.4, -0.2) is 33.3 Å². The zero-order chi connectivity index (χ0) is 27.4. The normalized spacial score (nSPS) is 11.7. The first kappa shape index (κ1) is 26.3. The Morgan fingerprint density at radius 2 is 1.92 bits per heavy atom. The number of hydrogen-bond donors (Lipinski definition) is 3. The predicted octanol–water partition coefficient (Wildman–Crippen LogP) is 4.40. The number of carbonyl (C=O) groups is 2. The van der Waals surface area contributed by atoms with Crippen molar-refractivity contribution in [3.8, 4) is 16.9 Å². The number of carbonyl (C=O) groups excluding carboxylic acids is 2. The van der Waals surface area contributed by atoms with Gasteiger partial charge in [-0.1, -0.05) is 18.2 Å². The highest BCUT2D eigenvalue weighted by molar-refractivity contribution is 5.96. The zero-order valence-electron chi connectivity index (χ0n) is 20.5. The molecular weight excluding hydrogens is 498 g/mol. The minimum absolute atomic E-state index is 0.119. The van der Waals surface area contributed by atoms with E-state index in [1.807, 2.05) is 0 Å². The first-order valence-corrected chi connectivity index (χ1v) is 11.6. The lowest BCUT2D eigenvalue weighted by molar-refractivity contribution is -0.143. The molecule has 0 aliphatic carbocycles. The van der Waals surface area contributed by atoms with Crippen molar-refractivity contribution >= 4 is 28.7 Å². The van der Waals surface area contributed by atoms with Gasteiger partial charge in [-0.3, -0.25) is 14.2 Å². The molecule has 3 N–H and O–H groups in total. The third-order valence-electron chi connectivity index (χ3n) is 5.87. The van der Waals surface area contributed by atoms with Crippen molar-refractivity contribution in [3.05, 3.63) is 88.3 Å². The number of nitrogens with one attached hydrogen (secondary N) is 2. The number of amides is 2. The maximum Gasteiger partial charge on any atom is 0.319 e. The average molecular weight is 523 g/mol. The lowest BCUT2D eigenvalue weighted by Gasteiger charge is -2.20. The van der Waals surface area contributed by atoms with E-state index in [1.165, 1.54) is 23.9 Å². The van der Waals surface area contributed by atoms with Gasteiger partial charge in [-0.15, -0.1) is 0 Å². The highest BCUT2D eigenvalue weighted by Gasteiger charge is 2.23. The molecule has 9 nitrogen and oxygen atoms in total. The molecule has 4 aromatic rings. The summed E-state index contributed by atoms with van der Waals surface area (Å²) in [4.78, 5) is 42.2. The van der Waals surface area contributed by atoms with Crippen molar-refractivity contribution in [2.75, 3.05) is 11.9 Å². The summed E-state index contributed by atoms with van der Waals surface area (Å²) in [5.74, 6) is -2.56. The fraction of sp³-hybridized carbons (Fsp3) is 0.185. The summed E-state index contributed by atoms with van der Waals surface area (Å²) < 4.78 is 34.0. The molecule has 2 amide bonds. The fourth-order valence-corrected chi connectivity index (χ4v) is 4.05. The van der Waals surface area contributed by atoms with Crippen LogP contribution in [0.5, 0.6) is 5.75 Å². The van der Waals surface area contributed by atoms with Gasteiger partial charge in [0.25, 0.3) is 5.56 Å². The monoisotopic (exact) mass is 522 g/mol. The molecule has 0 spiro atoms. The molecule has 4 rings (SSSR count). The summed E-state index contributed by atoms with van der Waals surface area (Å²) in [6.07, 6.45) is 1.19. The number of halogens is 2. The average Bonchev–Trinajstić information content (AvgIpc) is 2.89. The second kappa shape index (κ2) is 11.1. The van der Waals surface area contributed by atoms with Crippen LogP contribution < -0.4 is 16.2 Å². The highest BCUT2D eigenvalue weighted by Crippen LogP contribution is 2.30. The van der Waals surface area contributed by atoms with Crippen molar-refractivity contribution in [1.29, 1.82) is 0 Å². The molecular formula is C27H24F2N4O5. The molecule has 2 aromatic heterocycles. The van der Waals surface area contributed by atoms with Crippen LogP contribution in [-0.2, 0) is 16.6 Å². The number of ether oxygens (including phenoxy) is 1.